The van der Waals surface area contributed by atoms with Crippen molar-refractivity contribution in [2.24, 2.45) is 0 Å². The van der Waals surface area contributed by atoms with Crippen LogP contribution in [0.2, 0.25) is 0 Å². The number of rotatable bonds is 3. The van der Waals surface area contributed by atoms with Crippen LogP contribution in [0.3, 0.4) is 0 Å². The van der Waals surface area contributed by atoms with Gasteiger partial charge in [-0.25, -0.2) is 9.07 Å². The van der Waals surface area contributed by atoms with Crippen molar-refractivity contribution in [2.75, 3.05) is 5.73 Å². The van der Waals surface area contributed by atoms with Crippen LogP contribution in [0.25, 0.3) is 11.4 Å². The van der Waals surface area contributed by atoms with Gasteiger partial charge in [0.1, 0.15) is 5.82 Å². The Morgan fingerprint density at radius 2 is 1.95 bits per heavy atom. The fourth-order valence-electron chi connectivity index (χ4n) is 2.22. The molecule has 3 aromatic rings. The average molecular weight is 283 g/mol. The number of nitrogens with zero attached hydrogens (tertiary/aromatic N) is 4. The third-order valence-corrected chi connectivity index (χ3v) is 3.22. The molecule has 0 aliphatic heterocycles. The van der Waals surface area contributed by atoms with Crippen molar-refractivity contribution in [3.05, 3.63) is 59.4 Å². The second-order valence-corrected chi connectivity index (χ2v) is 4.85. The van der Waals surface area contributed by atoms with Crippen LogP contribution in [0.5, 0.6) is 0 Å². The van der Waals surface area contributed by atoms with Gasteiger partial charge in [0.2, 0.25) is 0 Å². The van der Waals surface area contributed by atoms with Gasteiger partial charge in [-0.2, -0.15) is 0 Å². The van der Waals surface area contributed by atoms with Crippen LogP contribution in [0.4, 0.5) is 10.1 Å². The second-order valence-electron chi connectivity index (χ2n) is 4.85. The fourth-order valence-corrected chi connectivity index (χ4v) is 2.22. The Morgan fingerprint density at radius 1 is 1.19 bits per heavy atom. The van der Waals surface area contributed by atoms with Crippen LogP contribution in [0, 0.1) is 12.7 Å². The largest absolute Gasteiger partial charge is 0.399 e. The minimum absolute atomic E-state index is 0.313. The molecule has 106 valence electrons. The lowest BCUT2D eigenvalue weighted by Gasteiger charge is -2.08. The molecule has 0 saturated heterocycles. The van der Waals surface area contributed by atoms with E-state index in [1.54, 1.807) is 23.7 Å². The zero-order valence-electron chi connectivity index (χ0n) is 11.5. The summed E-state index contributed by atoms with van der Waals surface area (Å²) in [7, 11) is 0. The van der Waals surface area contributed by atoms with Gasteiger partial charge in [0.25, 0.3) is 0 Å². The van der Waals surface area contributed by atoms with Crippen LogP contribution in [-0.4, -0.2) is 20.2 Å². The van der Waals surface area contributed by atoms with Crippen molar-refractivity contribution >= 4 is 5.69 Å². The van der Waals surface area contributed by atoms with Crippen LogP contribution >= 0.6 is 0 Å². The standard InChI is InChI=1S/C15H14FN5/c1-10-7-12(17)8-13(14(10)16)15-18-19-20-21(15)9-11-5-3-2-4-6-11/h2-8H,9,17H2,1H3. The normalized spacial score (nSPS) is 10.8. The molecule has 0 fully saturated rings. The summed E-state index contributed by atoms with van der Waals surface area (Å²) in [5.41, 5.74) is 8.10. The molecule has 0 radical (unpaired) electrons. The Bertz CT molecular complexity index is 767. The quantitative estimate of drug-likeness (QED) is 0.749. The summed E-state index contributed by atoms with van der Waals surface area (Å²) in [5, 5.41) is 11.5. The van der Waals surface area contributed by atoms with Crippen LogP contribution in [0.15, 0.2) is 42.5 Å². The van der Waals surface area contributed by atoms with Crippen molar-refractivity contribution in [1.29, 1.82) is 0 Å². The Balaban J connectivity index is 2.04. The number of aryl methyl sites for hydroxylation is 1. The Hall–Kier alpha value is -2.76. The third kappa shape index (κ3) is 2.60. The first-order chi connectivity index (χ1) is 10.1. The van der Waals surface area contributed by atoms with E-state index in [-0.39, 0.29) is 5.82 Å². The number of hydrogen-bond donors (Lipinski definition) is 1. The highest BCUT2D eigenvalue weighted by Gasteiger charge is 2.16. The molecule has 6 heteroatoms. The molecule has 21 heavy (non-hydrogen) atoms. The molecule has 0 spiro atoms. The molecule has 2 aromatic carbocycles. The van der Waals surface area contributed by atoms with Crippen LogP contribution < -0.4 is 5.73 Å². The van der Waals surface area contributed by atoms with E-state index in [4.69, 9.17) is 5.73 Å². The van der Waals surface area contributed by atoms with E-state index in [1.807, 2.05) is 30.3 Å². The maximum Gasteiger partial charge on any atom is 0.185 e. The maximum atomic E-state index is 14.3. The van der Waals surface area contributed by atoms with Gasteiger partial charge in [0, 0.05) is 5.69 Å². The minimum atomic E-state index is -0.353. The number of nitrogen functional groups attached to an aromatic ring is 1. The summed E-state index contributed by atoms with van der Waals surface area (Å²) in [4.78, 5) is 0. The first-order valence-electron chi connectivity index (χ1n) is 6.51. The van der Waals surface area contributed by atoms with Crippen LogP contribution in [-0.2, 0) is 6.54 Å². The van der Waals surface area contributed by atoms with Gasteiger partial charge in [-0.1, -0.05) is 30.3 Å². The van der Waals surface area contributed by atoms with Crippen molar-refractivity contribution in [3.8, 4) is 11.4 Å². The van der Waals surface area contributed by atoms with E-state index in [0.717, 1.165) is 5.56 Å². The third-order valence-electron chi connectivity index (χ3n) is 3.22. The van der Waals surface area contributed by atoms with Crippen molar-refractivity contribution < 1.29 is 4.39 Å². The number of anilines is 1. The highest BCUT2D eigenvalue weighted by molar-refractivity contribution is 5.63. The Kier molecular flexibility index (Phi) is 3.35. The van der Waals surface area contributed by atoms with Gasteiger partial charge >= 0.3 is 0 Å². The Labute approximate surface area is 121 Å². The molecular weight excluding hydrogens is 269 g/mol. The van der Waals surface area contributed by atoms with Gasteiger partial charge in [0.15, 0.2) is 5.82 Å². The zero-order valence-corrected chi connectivity index (χ0v) is 11.5. The zero-order chi connectivity index (χ0) is 14.8. The molecule has 5 nitrogen and oxygen atoms in total. The number of tetrazole rings is 1. The number of aromatic nitrogens is 4. The minimum Gasteiger partial charge on any atom is -0.399 e. The summed E-state index contributed by atoms with van der Waals surface area (Å²) in [5.74, 6) is 0.0139. The van der Waals surface area contributed by atoms with Gasteiger partial charge in [-0.15, -0.1) is 5.10 Å². The summed E-state index contributed by atoms with van der Waals surface area (Å²) >= 11 is 0. The Morgan fingerprint density at radius 3 is 2.71 bits per heavy atom. The van der Waals surface area contributed by atoms with E-state index in [9.17, 15) is 4.39 Å². The first kappa shape index (κ1) is 13.2. The molecular formula is C15H14FN5. The van der Waals surface area contributed by atoms with E-state index < -0.39 is 0 Å². The summed E-state index contributed by atoms with van der Waals surface area (Å²) < 4.78 is 15.9. The molecule has 0 atom stereocenters. The monoisotopic (exact) mass is 283 g/mol. The van der Waals surface area contributed by atoms with Crippen molar-refractivity contribution in [2.45, 2.75) is 13.5 Å². The predicted octanol–water partition coefficient (Wildman–Crippen LogP) is 2.42. The molecule has 0 aliphatic carbocycles. The highest BCUT2D eigenvalue weighted by atomic mass is 19.1. The molecule has 1 aromatic heterocycles. The van der Waals surface area contributed by atoms with Gasteiger partial charge in [-0.3, -0.25) is 0 Å². The predicted molar refractivity (Wildman–Crippen MR) is 77.9 cm³/mol. The summed E-state index contributed by atoms with van der Waals surface area (Å²) in [6, 6.07) is 12.9. The number of nitrogens with two attached hydrogens (primary N) is 1. The van der Waals surface area contributed by atoms with E-state index in [1.165, 1.54) is 0 Å². The van der Waals surface area contributed by atoms with Crippen molar-refractivity contribution in [3.63, 3.8) is 0 Å². The lowest BCUT2D eigenvalue weighted by Crippen LogP contribution is -2.06. The molecule has 2 N–H and O–H groups in total. The molecule has 0 unspecified atom stereocenters. The molecule has 0 saturated carbocycles. The van der Waals surface area contributed by atoms with E-state index >= 15 is 0 Å². The summed E-state index contributed by atoms with van der Waals surface area (Å²) in [6.45, 7) is 2.14. The van der Waals surface area contributed by atoms with Gasteiger partial charge < -0.3 is 5.73 Å². The topological polar surface area (TPSA) is 69.6 Å². The molecule has 0 bridgehead atoms. The lowest BCUT2D eigenvalue weighted by atomic mass is 10.1. The number of hydrogen-bond acceptors (Lipinski definition) is 4. The summed E-state index contributed by atoms with van der Waals surface area (Å²) in [6.07, 6.45) is 0. The number of benzene rings is 2. The molecule has 0 aliphatic rings. The second kappa shape index (κ2) is 5.32. The average Bonchev–Trinajstić information content (AvgIpc) is 2.92. The van der Waals surface area contributed by atoms with Gasteiger partial charge in [-0.05, 0) is 40.6 Å². The molecule has 3 rings (SSSR count). The fraction of sp³-hybridized carbons (Fsp3) is 0.133. The SMILES string of the molecule is Cc1cc(N)cc(-c2nnnn2Cc2ccccc2)c1F. The molecule has 0 amide bonds. The first-order valence-corrected chi connectivity index (χ1v) is 6.51. The van der Waals surface area contributed by atoms with Gasteiger partial charge in [0.05, 0.1) is 12.1 Å². The smallest absolute Gasteiger partial charge is 0.185 e. The highest BCUT2D eigenvalue weighted by Crippen LogP contribution is 2.25. The van der Waals surface area contributed by atoms with E-state index in [2.05, 4.69) is 15.5 Å². The van der Waals surface area contributed by atoms with E-state index in [0.29, 0.717) is 29.2 Å². The van der Waals surface area contributed by atoms with Crippen molar-refractivity contribution in [1.82, 2.24) is 20.2 Å². The maximum absolute atomic E-state index is 14.3. The number of halogens is 1. The van der Waals surface area contributed by atoms with Crippen LogP contribution in [0.1, 0.15) is 11.1 Å². The lowest BCUT2D eigenvalue weighted by molar-refractivity contribution is 0.613. The molecule has 1 heterocycles.